The monoisotopic (exact) mass is 1120 g/mol. The quantitative estimate of drug-likeness (QED) is 0.0195. The van der Waals surface area contributed by atoms with E-state index in [-0.39, 0.29) is 19.4 Å². The van der Waals surface area contributed by atoms with Crippen molar-refractivity contribution >= 4 is 11.9 Å². The highest BCUT2D eigenvalue weighted by Gasteiger charge is 2.47. The number of ether oxygens (including phenoxy) is 3. The number of aliphatic hydroxyl groups excluding tert-OH is 5. The van der Waals surface area contributed by atoms with Crippen molar-refractivity contribution in [2.24, 2.45) is 0 Å². The molecule has 1 aliphatic rings. The molecule has 6 N–H and O–H groups in total. The van der Waals surface area contributed by atoms with E-state index in [0.29, 0.717) is 12.8 Å². The Kier molecular flexibility index (Phi) is 51.9. The van der Waals surface area contributed by atoms with Crippen LogP contribution >= 0.6 is 0 Å². The van der Waals surface area contributed by atoms with Crippen molar-refractivity contribution in [3.63, 3.8) is 0 Å². The van der Waals surface area contributed by atoms with Crippen LogP contribution in [0.2, 0.25) is 0 Å². The molecule has 11 nitrogen and oxygen atoms in total. The molecule has 0 aromatic heterocycles. The minimum Gasteiger partial charge on any atom is -0.454 e. The number of unbranched alkanes of at least 4 members (excludes halogenated alkanes) is 23. The molecule has 0 bridgehead atoms. The summed E-state index contributed by atoms with van der Waals surface area (Å²) in [6.45, 7) is 5.68. The van der Waals surface area contributed by atoms with E-state index in [4.69, 9.17) is 14.2 Å². The van der Waals surface area contributed by atoms with Crippen LogP contribution in [0.15, 0.2) is 109 Å². The highest BCUT2D eigenvalue weighted by Crippen LogP contribution is 2.26. The first-order valence-electron chi connectivity index (χ1n) is 32.2. The fourth-order valence-electron chi connectivity index (χ4n) is 9.27. The first kappa shape index (κ1) is 74.3. The first-order valence-corrected chi connectivity index (χ1v) is 32.2. The van der Waals surface area contributed by atoms with E-state index in [1.54, 1.807) is 6.08 Å². The molecule has 80 heavy (non-hydrogen) atoms. The third-order valence-corrected chi connectivity index (χ3v) is 14.4. The van der Waals surface area contributed by atoms with Crippen molar-refractivity contribution < 1.29 is 49.3 Å². The zero-order valence-electron chi connectivity index (χ0n) is 50.7. The van der Waals surface area contributed by atoms with Gasteiger partial charge in [0.05, 0.1) is 25.4 Å². The van der Waals surface area contributed by atoms with Gasteiger partial charge < -0.3 is 45.1 Å². The maximum atomic E-state index is 13.4. The highest BCUT2D eigenvalue weighted by molar-refractivity contribution is 5.80. The van der Waals surface area contributed by atoms with E-state index in [2.05, 4.69) is 111 Å². The minimum absolute atomic E-state index is 0.0989. The van der Waals surface area contributed by atoms with Gasteiger partial charge in [-0.05, 0) is 109 Å². The highest BCUT2D eigenvalue weighted by atomic mass is 16.7. The van der Waals surface area contributed by atoms with Gasteiger partial charge in [0.2, 0.25) is 5.91 Å². The summed E-state index contributed by atoms with van der Waals surface area (Å²) in [7, 11) is 0. The van der Waals surface area contributed by atoms with Gasteiger partial charge in [0.25, 0.3) is 0 Å². The summed E-state index contributed by atoms with van der Waals surface area (Å²) in [5.74, 6) is -1.27. The average molecular weight is 1120 g/mol. The molecule has 0 aliphatic carbocycles. The number of allylic oxidation sites excluding steroid dienone is 17. The molecule has 0 spiro atoms. The Morgan fingerprint density at radius 3 is 1.31 bits per heavy atom. The molecular formula is C69H117NO10. The van der Waals surface area contributed by atoms with Crippen LogP contribution in [0.3, 0.4) is 0 Å². The topological polar surface area (TPSA) is 175 Å². The number of amides is 1. The second-order valence-electron chi connectivity index (χ2n) is 21.8. The molecule has 0 radical (unpaired) electrons. The number of rotatable bonds is 53. The van der Waals surface area contributed by atoms with Crippen molar-refractivity contribution in [2.45, 2.75) is 301 Å². The van der Waals surface area contributed by atoms with Crippen molar-refractivity contribution in [1.29, 1.82) is 0 Å². The maximum absolute atomic E-state index is 13.4. The number of esters is 1. The molecule has 11 heteroatoms. The molecule has 0 aromatic carbocycles. The van der Waals surface area contributed by atoms with Crippen LogP contribution in [0.4, 0.5) is 0 Å². The van der Waals surface area contributed by atoms with Crippen molar-refractivity contribution in [1.82, 2.24) is 5.32 Å². The molecule has 1 amide bonds. The summed E-state index contributed by atoms with van der Waals surface area (Å²) in [5, 5.41) is 56.9. The number of carbonyl (C=O) groups is 2. The second kappa shape index (κ2) is 55.8. The third kappa shape index (κ3) is 43.1. The number of carbonyl (C=O) groups excluding carboxylic acids is 2. The molecule has 1 aliphatic heterocycles. The van der Waals surface area contributed by atoms with E-state index >= 15 is 0 Å². The summed E-state index contributed by atoms with van der Waals surface area (Å²) >= 11 is 0. The van der Waals surface area contributed by atoms with Crippen LogP contribution in [0, 0.1) is 0 Å². The zero-order valence-corrected chi connectivity index (χ0v) is 50.7. The molecular weight excluding hydrogens is 1000 g/mol. The molecule has 1 heterocycles. The van der Waals surface area contributed by atoms with Crippen LogP contribution in [0.5, 0.6) is 0 Å². The van der Waals surface area contributed by atoms with Gasteiger partial charge in [-0.25, -0.2) is 0 Å². The lowest BCUT2D eigenvalue weighted by Crippen LogP contribution is -2.61. The SMILES string of the molecule is CCCCC/C=C\C/C=C\C/C=C\C/C=C\CCCCCCCCCC(=O)OC1C(OCC(NC(=O)C(O)CC/C=C\C/C=C\C/C=C\C/C=C\CCCCC)C(O)/C=C/CCCCCCCCCCCC)OC(CO)C(O)C1O. The van der Waals surface area contributed by atoms with Gasteiger partial charge in [-0.1, -0.05) is 246 Å². The van der Waals surface area contributed by atoms with Crippen LogP contribution < -0.4 is 5.32 Å². The van der Waals surface area contributed by atoms with Crippen LogP contribution in [0.1, 0.15) is 252 Å². The van der Waals surface area contributed by atoms with Gasteiger partial charge >= 0.3 is 5.97 Å². The van der Waals surface area contributed by atoms with Crippen molar-refractivity contribution in [2.75, 3.05) is 13.2 Å². The van der Waals surface area contributed by atoms with Gasteiger partial charge in [-0.2, -0.15) is 0 Å². The molecule has 1 fully saturated rings. The fraction of sp³-hybridized carbons (Fsp3) is 0.710. The first-order chi connectivity index (χ1) is 39.2. The van der Waals surface area contributed by atoms with Gasteiger partial charge in [-0.15, -0.1) is 0 Å². The predicted octanol–water partition coefficient (Wildman–Crippen LogP) is 15.7. The Morgan fingerprint density at radius 1 is 0.487 bits per heavy atom. The van der Waals surface area contributed by atoms with Gasteiger partial charge in [0.15, 0.2) is 12.4 Å². The lowest BCUT2D eigenvalue weighted by molar-refractivity contribution is -0.305. The summed E-state index contributed by atoms with van der Waals surface area (Å²) in [6.07, 6.45) is 65.6. The summed E-state index contributed by atoms with van der Waals surface area (Å²) in [6, 6.07) is -1.06. The van der Waals surface area contributed by atoms with Gasteiger partial charge in [0, 0.05) is 6.42 Å². The van der Waals surface area contributed by atoms with E-state index < -0.39 is 67.4 Å². The smallest absolute Gasteiger partial charge is 0.306 e. The lowest BCUT2D eigenvalue weighted by atomic mass is 9.99. The second-order valence-corrected chi connectivity index (χ2v) is 21.8. The van der Waals surface area contributed by atoms with Crippen molar-refractivity contribution in [3.8, 4) is 0 Å². The number of nitrogens with one attached hydrogen (secondary N) is 1. The summed E-state index contributed by atoms with van der Waals surface area (Å²) in [5.41, 5.74) is 0. The molecule has 0 saturated carbocycles. The molecule has 8 atom stereocenters. The Hall–Kier alpha value is -3.68. The Bertz CT molecular complexity index is 1710. The van der Waals surface area contributed by atoms with E-state index in [1.807, 2.05) is 18.2 Å². The van der Waals surface area contributed by atoms with E-state index in [0.717, 1.165) is 116 Å². The van der Waals surface area contributed by atoms with E-state index in [1.165, 1.54) is 89.9 Å². The van der Waals surface area contributed by atoms with Crippen molar-refractivity contribution in [3.05, 3.63) is 109 Å². The number of hydrogen-bond donors (Lipinski definition) is 6. The van der Waals surface area contributed by atoms with E-state index in [9.17, 15) is 35.1 Å². The zero-order chi connectivity index (χ0) is 58.2. The summed E-state index contributed by atoms with van der Waals surface area (Å²) < 4.78 is 17.6. The Morgan fingerprint density at radius 2 is 0.863 bits per heavy atom. The van der Waals surface area contributed by atoms with Crippen LogP contribution in [-0.4, -0.2) is 99.6 Å². The summed E-state index contributed by atoms with van der Waals surface area (Å²) in [4.78, 5) is 26.6. The largest absolute Gasteiger partial charge is 0.454 e. The maximum Gasteiger partial charge on any atom is 0.306 e. The number of hydrogen-bond acceptors (Lipinski definition) is 10. The van der Waals surface area contributed by atoms with Crippen LogP contribution in [-0.2, 0) is 23.8 Å². The molecule has 458 valence electrons. The Balaban J connectivity index is 2.69. The molecule has 0 aromatic rings. The predicted molar refractivity (Wildman–Crippen MR) is 333 cm³/mol. The molecule has 1 saturated heterocycles. The molecule has 8 unspecified atom stereocenters. The van der Waals surface area contributed by atoms with Crippen LogP contribution in [0.25, 0.3) is 0 Å². The van der Waals surface area contributed by atoms with Gasteiger partial charge in [0.1, 0.15) is 24.4 Å². The Labute approximate surface area is 488 Å². The van der Waals surface area contributed by atoms with Gasteiger partial charge in [-0.3, -0.25) is 9.59 Å². The third-order valence-electron chi connectivity index (χ3n) is 14.4. The standard InChI is InChI=1S/C69H117NO10/c1-4-7-10-13-16-19-22-25-27-29-30-31-32-33-34-35-37-39-42-45-48-51-54-57-64(74)80-67-66(76)65(75)63(58-71)79-69(67)78-59-60(61(72)55-52-49-46-43-40-24-21-18-15-12-9-6-3)70-68(77)62(73)56-53-50-47-44-41-38-36-28-26-23-20-17-14-11-8-5-2/h16-17,19-20,25-28,30-31,33-34,38,41,47,50,52,55,60-63,65-67,69,71-73,75-76H,4-15,18,21-24,29,32,35-37,39-40,42-46,48-49,51,53-54,56-59H2,1-3H3,(H,70,77)/b19-16-,20-17-,27-25-,28-26-,31-30-,34-33-,41-38-,50-47-,55-52+. The lowest BCUT2D eigenvalue weighted by Gasteiger charge is -2.41. The molecule has 1 rings (SSSR count). The minimum atomic E-state index is -1.63. The normalized spacial score (nSPS) is 19.5. The average Bonchev–Trinajstić information content (AvgIpc) is 3.48. The number of aliphatic hydroxyl groups is 5. The fourth-order valence-corrected chi connectivity index (χ4v) is 9.27.